The van der Waals surface area contributed by atoms with Crippen LogP contribution in [0.5, 0.6) is 17.2 Å². The molecule has 0 aliphatic carbocycles. The van der Waals surface area contributed by atoms with Crippen LogP contribution >= 0.6 is 15.9 Å². The number of halogens is 1. The molecule has 3 rings (SSSR count). The Bertz CT molecular complexity index is 645. The molecular weight excluding hydrogens is 334 g/mol. The lowest BCUT2D eigenvalue weighted by Crippen LogP contribution is -2.01. The summed E-state index contributed by atoms with van der Waals surface area (Å²) in [7, 11) is 0. The molecule has 0 saturated heterocycles. The first-order valence-electron chi connectivity index (χ1n) is 6.84. The van der Waals surface area contributed by atoms with Gasteiger partial charge in [-0.3, -0.25) is 0 Å². The third kappa shape index (κ3) is 3.24. The maximum absolute atomic E-state index is 9.97. The van der Waals surface area contributed by atoms with Crippen molar-refractivity contribution >= 4 is 21.6 Å². The number of fused-ring (bicyclic) bond motifs is 1. The summed E-state index contributed by atoms with van der Waals surface area (Å²) in [5, 5.41) is 13.3. The normalized spacial score (nSPS) is 13.6. The minimum atomic E-state index is 0.263. The lowest BCUT2D eigenvalue weighted by molar-refractivity contribution is 0.297. The minimum absolute atomic E-state index is 0.263. The predicted molar refractivity (Wildman–Crippen MR) is 85.2 cm³/mol. The molecule has 21 heavy (non-hydrogen) atoms. The van der Waals surface area contributed by atoms with Crippen LogP contribution in [0, 0.1) is 0 Å². The van der Waals surface area contributed by atoms with E-state index in [9.17, 15) is 5.11 Å². The van der Waals surface area contributed by atoms with E-state index in [0.29, 0.717) is 24.2 Å². The van der Waals surface area contributed by atoms with Crippen molar-refractivity contribution in [2.24, 2.45) is 0 Å². The molecule has 0 fully saturated rings. The number of para-hydroxylation sites is 1. The van der Waals surface area contributed by atoms with Crippen molar-refractivity contribution in [3.05, 3.63) is 46.4 Å². The number of rotatable bonds is 3. The van der Waals surface area contributed by atoms with Gasteiger partial charge < -0.3 is 19.9 Å². The Balaban J connectivity index is 1.73. The predicted octanol–water partition coefficient (Wildman–Crippen LogP) is 3.93. The molecule has 2 N–H and O–H groups in total. The largest absolute Gasteiger partial charge is 0.506 e. The molecule has 0 bridgehead atoms. The molecule has 1 heterocycles. The zero-order chi connectivity index (χ0) is 14.7. The van der Waals surface area contributed by atoms with Crippen molar-refractivity contribution in [1.82, 2.24) is 0 Å². The van der Waals surface area contributed by atoms with Gasteiger partial charge in [-0.15, -0.1) is 0 Å². The van der Waals surface area contributed by atoms with Crippen molar-refractivity contribution in [1.29, 1.82) is 0 Å². The fourth-order valence-corrected chi connectivity index (χ4v) is 2.58. The number of hydrogen-bond acceptors (Lipinski definition) is 4. The van der Waals surface area contributed by atoms with Gasteiger partial charge in [-0.2, -0.15) is 0 Å². The van der Waals surface area contributed by atoms with Crippen molar-refractivity contribution in [3.8, 4) is 17.2 Å². The topological polar surface area (TPSA) is 50.7 Å². The number of phenolic OH excluding ortho intramolecular Hbond substituents is 1. The van der Waals surface area contributed by atoms with Gasteiger partial charge in [-0.05, 0) is 34.1 Å². The average Bonchev–Trinajstić information content (AvgIpc) is 2.73. The Morgan fingerprint density at radius 1 is 1.10 bits per heavy atom. The summed E-state index contributed by atoms with van der Waals surface area (Å²) < 4.78 is 12.0. The first-order valence-corrected chi connectivity index (χ1v) is 7.63. The molecular formula is C16H16BrNO3. The zero-order valence-electron chi connectivity index (χ0n) is 11.4. The zero-order valence-corrected chi connectivity index (χ0v) is 13.0. The third-order valence-electron chi connectivity index (χ3n) is 3.30. The molecule has 1 aliphatic rings. The molecule has 0 unspecified atom stereocenters. The second-order valence-electron chi connectivity index (χ2n) is 4.81. The van der Waals surface area contributed by atoms with Crippen molar-refractivity contribution < 1.29 is 14.6 Å². The molecule has 2 aromatic rings. The lowest BCUT2D eigenvalue weighted by atomic mass is 10.2. The number of benzene rings is 2. The van der Waals surface area contributed by atoms with Crippen LogP contribution in [0.4, 0.5) is 5.69 Å². The number of phenols is 1. The molecule has 5 heteroatoms. The van der Waals surface area contributed by atoms with Crippen molar-refractivity contribution in [2.75, 3.05) is 18.5 Å². The summed E-state index contributed by atoms with van der Waals surface area (Å²) in [6.07, 6.45) is 0.892. The molecule has 0 saturated carbocycles. The van der Waals surface area contributed by atoms with E-state index in [-0.39, 0.29) is 5.75 Å². The Kier molecular flexibility index (Phi) is 4.20. The van der Waals surface area contributed by atoms with Crippen LogP contribution in [-0.2, 0) is 6.54 Å². The van der Waals surface area contributed by atoms with Gasteiger partial charge in [0.25, 0.3) is 0 Å². The van der Waals surface area contributed by atoms with E-state index < -0.39 is 0 Å². The van der Waals surface area contributed by atoms with Gasteiger partial charge in [0.05, 0.1) is 17.7 Å². The summed E-state index contributed by atoms with van der Waals surface area (Å²) in [5.74, 6) is 1.80. The molecule has 0 spiro atoms. The smallest absolute Gasteiger partial charge is 0.163 e. The highest BCUT2D eigenvalue weighted by molar-refractivity contribution is 9.10. The number of ether oxygens (including phenoxy) is 2. The average molecular weight is 350 g/mol. The molecule has 4 nitrogen and oxygen atoms in total. The van der Waals surface area contributed by atoms with E-state index in [0.717, 1.165) is 29.2 Å². The number of nitrogens with one attached hydrogen (secondary N) is 1. The highest BCUT2D eigenvalue weighted by atomic mass is 79.9. The van der Waals surface area contributed by atoms with Crippen LogP contribution in [0.15, 0.2) is 40.9 Å². The van der Waals surface area contributed by atoms with Gasteiger partial charge in [-0.25, -0.2) is 0 Å². The SMILES string of the molecule is Oc1c(Br)cccc1CNc1ccc2c(c1)OCCCO2. The van der Waals surface area contributed by atoms with Gasteiger partial charge in [0.2, 0.25) is 0 Å². The Labute approximate surface area is 131 Å². The first kappa shape index (κ1) is 14.1. The quantitative estimate of drug-likeness (QED) is 0.881. The van der Waals surface area contributed by atoms with E-state index in [2.05, 4.69) is 21.2 Å². The molecule has 0 amide bonds. The number of hydrogen-bond donors (Lipinski definition) is 2. The van der Waals surface area contributed by atoms with Gasteiger partial charge >= 0.3 is 0 Å². The fourth-order valence-electron chi connectivity index (χ4n) is 2.17. The van der Waals surface area contributed by atoms with Crippen LogP contribution in [-0.4, -0.2) is 18.3 Å². The Morgan fingerprint density at radius 2 is 1.90 bits per heavy atom. The van der Waals surface area contributed by atoms with Gasteiger partial charge in [0.15, 0.2) is 11.5 Å². The van der Waals surface area contributed by atoms with E-state index in [1.165, 1.54) is 0 Å². The summed E-state index contributed by atoms with van der Waals surface area (Å²) in [5.41, 5.74) is 1.76. The van der Waals surface area contributed by atoms with E-state index in [1.54, 1.807) is 0 Å². The molecule has 2 aromatic carbocycles. The molecule has 0 aromatic heterocycles. The fraction of sp³-hybridized carbons (Fsp3) is 0.250. The molecule has 110 valence electrons. The maximum Gasteiger partial charge on any atom is 0.163 e. The summed E-state index contributed by atoms with van der Waals surface area (Å²) in [6.45, 7) is 1.89. The van der Waals surface area contributed by atoms with Crippen LogP contribution in [0.25, 0.3) is 0 Å². The minimum Gasteiger partial charge on any atom is -0.506 e. The molecule has 0 radical (unpaired) electrons. The van der Waals surface area contributed by atoms with Crippen LogP contribution in [0.2, 0.25) is 0 Å². The van der Waals surface area contributed by atoms with E-state index in [4.69, 9.17) is 9.47 Å². The summed E-state index contributed by atoms with van der Waals surface area (Å²) >= 11 is 3.32. The lowest BCUT2D eigenvalue weighted by Gasteiger charge is -2.12. The maximum atomic E-state index is 9.97. The molecule has 1 aliphatic heterocycles. The third-order valence-corrected chi connectivity index (χ3v) is 3.94. The van der Waals surface area contributed by atoms with Crippen LogP contribution < -0.4 is 14.8 Å². The Hall–Kier alpha value is -1.88. The van der Waals surface area contributed by atoms with Crippen molar-refractivity contribution in [2.45, 2.75) is 13.0 Å². The highest BCUT2D eigenvalue weighted by Crippen LogP contribution is 2.33. The van der Waals surface area contributed by atoms with Gasteiger partial charge in [0.1, 0.15) is 5.75 Å². The second-order valence-corrected chi connectivity index (χ2v) is 5.67. The van der Waals surface area contributed by atoms with Crippen molar-refractivity contribution in [3.63, 3.8) is 0 Å². The first-order chi connectivity index (χ1) is 10.2. The summed E-state index contributed by atoms with van der Waals surface area (Å²) in [4.78, 5) is 0. The van der Waals surface area contributed by atoms with E-state index in [1.807, 2.05) is 36.4 Å². The second kappa shape index (κ2) is 6.26. The summed E-state index contributed by atoms with van der Waals surface area (Å²) in [6, 6.07) is 11.4. The Morgan fingerprint density at radius 3 is 2.76 bits per heavy atom. The monoisotopic (exact) mass is 349 g/mol. The highest BCUT2D eigenvalue weighted by Gasteiger charge is 2.11. The van der Waals surface area contributed by atoms with Crippen LogP contribution in [0.3, 0.4) is 0 Å². The van der Waals surface area contributed by atoms with Gasteiger partial charge in [-0.1, -0.05) is 12.1 Å². The molecule has 0 atom stereocenters. The standard InChI is InChI=1S/C16H16BrNO3/c17-13-4-1-3-11(16(13)19)10-18-12-5-6-14-15(9-12)21-8-2-7-20-14/h1,3-6,9,18-19H,2,7-8,10H2. The van der Waals surface area contributed by atoms with Crippen LogP contribution in [0.1, 0.15) is 12.0 Å². The van der Waals surface area contributed by atoms with E-state index >= 15 is 0 Å². The number of anilines is 1. The van der Waals surface area contributed by atoms with Gasteiger partial charge in [0, 0.05) is 30.3 Å². The number of aromatic hydroxyl groups is 1.